The van der Waals surface area contributed by atoms with Gasteiger partial charge < -0.3 is 33.8 Å². The smallest absolute Gasteiger partial charge is 0.462 e. The van der Waals surface area contributed by atoms with Crippen molar-refractivity contribution in [3.8, 4) is 0 Å². The molecule has 86 heavy (non-hydrogen) atoms. The molecule has 19 heteroatoms. The molecule has 0 saturated carbocycles. The fraction of sp³-hybridized carbons (Fsp3) is 0.881. The average Bonchev–Trinajstić information content (AvgIpc) is 3.68. The lowest BCUT2D eigenvalue weighted by molar-refractivity contribution is -0.161. The molecule has 0 aliphatic rings. The van der Waals surface area contributed by atoms with E-state index in [2.05, 4.69) is 72.8 Å². The number of hydrogen-bond donors (Lipinski definition) is 3. The van der Waals surface area contributed by atoms with Gasteiger partial charge in [-0.3, -0.25) is 37.3 Å². The van der Waals surface area contributed by atoms with Gasteiger partial charge in [-0.1, -0.05) is 253 Å². The summed E-state index contributed by atoms with van der Waals surface area (Å²) in [5, 5.41) is 10.5. The number of phosphoric ester groups is 2. The van der Waals surface area contributed by atoms with Gasteiger partial charge in [0, 0.05) is 25.7 Å². The predicted octanol–water partition coefficient (Wildman–Crippen LogP) is 18.2. The molecule has 3 N–H and O–H groups in total. The van der Waals surface area contributed by atoms with Gasteiger partial charge in [0.1, 0.15) is 19.3 Å². The van der Waals surface area contributed by atoms with Crippen LogP contribution in [0.1, 0.15) is 305 Å². The fourth-order valence-corrected chi connectivity index (χ4v) is 11.0. The van der Waals surface area contributed by atoms with Crippen LogP contribution in [0, 0.1) is 17.8 Å². The molecule has 2 unspecified atom stereocenters. The zero-order chi connectivity index (χ0) is 63.8. The summed E-state index contributed by atoms with van der Waals surface area (Å²) in [7, 11) is -9.90. The summed E-state index contributed by atoms with van der Waals surface area (Å²) in [5.74, 6) is -0.0612. The van der Waals surface area contributed by atoms with Gasteiger partial charge in [-0.05, 0) is 69.1 Å². The summed E-state index contributed by atoms with van der Waals surface area (Å²) in [5.41, 5.74) is 0. The minimum Gasteiger partial charge on any atom is -0.462 e. The third kappa shape index (κ3) is 60.5. The number of carbonyl (C=O) groups is 4. The molecule has 0 aliphatic carbocycles. The molecular formula is C67H126O17P2. The molecule has 506 valence electrons. The van der Waals surface area contributed by atoms with Gasteiger partial charge in [0.25, 0.3) is 0 Å². The molecule has 0 amide bonds. The lowest BCUT2D eigenvalue weighted by Gasteiger charge is -2.21. The largest absolute Gasteiger partial charge is 0.472 e. The van der Waals surface area contributed by atoms with Crippen LogP contribution in [0.3, 0.4) is 0 Å². The van der Waals surface area contributed by atoms with E-state index < -0.39 is 97.5 Å². The molecule has 17 nitrogen and oxygen atoms in total. The number of rotatable bonds is 63. The molecule has 0 rings (SSSR count). The average molecular weight is 1270 g/mol. The van der Waals surface area contributed by atoms with E-state index in [-0.39, 0.29) is 25.7 Å². The van der Waals surface area contributed by atoms with E-state index in [1.54, 1.807) is 0 Å². The Bertz CT molecular complexity index is 1790. The Hall–Kier alpha value is -2.46. The number of esters is 4. The maximum Gasteiger partial charge on any atom is 0.472 e. The maximum atomic E-state index is 13.0. The zero-order valence-electron chi connectivity index (χ0n) is 55.3. The summed E-state index contributed by atoms with van der Waals surface area (Å²) in [6.45, 7) is 11.6. The van der Waals surface area contributed by atoms with Crippen LogP contribution in [0.15, 0.2) is 24.3 Å². The molecule has 0 aliphatic heterocycles. The van der Waals surface area contributed by atoms with Gasteiger partial charge in [-0.15, -0.1) is 0 Å². The van der Waals surface area contributed by atoms with Gasteiger partial charge in [0.15, 0.2) is 12.2 Å². The molecule has 0 spiro atoms. The minimum atomic E-state index is -4.96. The van der Waals surface area contributed by atoms with Crippen LogP contribution < -0.4 is 0 Å². The van der Waals surface area contributed by atoms with Gasteiger partial charge in [0.2, 0.25) is 0 Å². The molecule has 0 radical (unpaired) electrons. The third-order valence-electron chi connectivity index (χ3n) is 14.8. The number of phosphoric acid groups is 2. The quantitative estimate of drug-likeness (QED) is 0.0169. The summed E-state index contributed by atoms with van der Waals surface area (Å²) in [6.07, 6.45) is 42.8. The Kier molecular flexibility index (Phi) is 56.0. The first-order valence-corrected chi connectivity index (χ1v) is 37.2. The van der Waals surface area contributed by atoms with Crippen LogP contribution >= 0.6 is 15.6 Å². The molecule has 0 aromatic rings. The highest BCUT2D eigenvalue weighted by Crippen LogP contribution is 2.45. The standard InChI is InChI=1S/C67H126O17P2/c1-8-9-10-11-12-13-14-15-16-17-18-21-26-34-41-48-64(69)77-54-62(83-66(71)50-43-36-27-22-19-20-24-31-38-45-58(2)3)56-81-85(73,74)79-52-61(68)53-80-86(75,76)82-57-63(55-78-65(70)49-42-35-30-29-33-40-47-60(6)7)84-67(72)51-44-37-28-23-25-32-39-46-59(4)5/h13-16,58-63,68H,8-12,17-57H2,1-7H3,(H,73,74)(H,75,76)/b14-13-,16-15-/t61-,62-,63-/m1/s1. The van der Waals surface area contributed by atoms with Crippen molar-refractivity contribution in [1.29, 1.82) is 0 Å². The molecule has 0 aromatic heterocycles. The van der Waals surface area contributed by atoms with Crippen molar-refractivity contribution in [2.45, 2.75) is 324 Å². The number of aliphatic hydroxyl groups excluding tert-OH is 1. The van der Waals surface area contributed by atoms with E-state index in [1.807, 2.05) is 0 Å². The fourth-order valence-electron chi connectivity index (χ4n) is 9.47. The first kappa shape index (κ1) is 83.5. The highest BCUT2D eigenvalue weighted by Gasteiger charge is 2.30. The first-order valence-electron chi connectivity index (χ1n) is 34.2. The number of allylic oxidation sites excluding steroid dienone is 4. The topological polar surface area (TPSA) is 237 Å². The number of aliphatic hydroxyl groups is 1. The summed E-state index contributed by atoms with van der Waals surface area (Å²) >= 11 is 0. The summed E-state index contributed by atoms with van der Waals surface area (Å²) < 4.78 is 68.0. The lowest BCUT2D eigenvalue weighted by atomic mass is 10.0. The van der Waals surface area contributed by atoms with Gasteiger partial charge in [0.05, 0.1) is 26.4 Å². The van der Waals surface area contributed by atoms with Gasteiger partial charge in [-0.2, -0.15) is 0 Å². The Morgan fingerprint density at radius 1 is 0.360 bits per heavy atom. The SMILES string of the molecule is CCCCCC/C=C\C=C/CCCCCCCC(=O)OC[C@H](COP(=O)(O)OC[C@@H](O)COP(=O)(O)OC[C@@H](COC(=O)CCCCCCCCC(C)C)OC(=O)CCCCCCCCCC(C)C)OC(=O)CCCCCCCCCCCC(C)C. The van der Waals surface area contributed by atoms with Crippen LogP contribution in [0.4, 0.5) is 0 Å². The van der Waals surface area contributed by atoms with E-state index in [0.717, 1.165) is 121 Å². The second kappa shape index (κ2) is 57.7. The molecule has 0 bridgehead atoms. The van der Waals surface area contributed by atoms with Crippen LogP contribution in [0.2, 0.25) is 0 Å². The Morgan fingerprint density at radius 2 is 0.628 bits per heavy atom. The van der Waals surface area contributed by atoms with E-state index in [4.69, 9.17) is 37.0 Å². The first-order chi connectivity index (χ1) is 41.2. The highest BCUT2D eigenvalue weighted by atomic mass is 31.2. The molecule has 5 atom stereocenters. The van der Waals surface area contributed by atoms with Crippen LogP contribution in [0.25, 0.3) is 0 Å². The van der Waals surface area contributed by atoms with E-state index in [0.29, 0.717) is 37.5 Å². The number of unbranched alkanes of at least 4 members (excludes halogenated alkanes) is 28. The molecule has 0 aromatic carbocycles. The van der Waals surface area contributed by atoms with Crippen molar-refractivity contribution in [2.24, 2.45) is 17.8 Å². The maximum absolute atomic E-state index is 13.0. The van der Waals surface area contributed by atoms with Gasteiger partial charge >= 0.3 is 39.5 Å². The van der Waals surface area contributed by atoms with Crippen LogP contribution in [-0.4, -0.2) is 96.7 Å². The Morgan fingerprint density at radius 3 is 0.942 bits per heavy atom. The van der Waals surface area contributed by atoms with Crippen molar-refractivity contribution in [3.05, 3.63) is 24.3 Å². The third-order valence-corrected chi connectivity index (χ3v) is 16.7. The minimum absolute atomic E-state index is 0.0977. The second-order valence-corrected chi connectivity index (χ2v) is 27.9. The molecule has 0 saturated heterocycles. The molecule has 0 heterocycles. The van der Waals surface area contributed by atoms with E-state index in [9.17, 15) is 43.2 Å². The molecular weight excluding hydrogens is 1140 g/mol. The van der Waals surface area contributed by atoms with Crippen molar-refractivity contribution in [3.63, 3.8) is 0 Å². The van der Waals surface area contributed by atoms with E-state index in [1.165, 1.54) is 89.9 Å². The van der Waals surface area contributed by atoms with Crippen molar-refractivity contribution < 1.29 is 80.2 Å². The normalized spacial score (nSPS) is 14.5. The zero-order valence-corrected chi connectivity index (χ0v) is 57.0. The lowest BCUT2D eigenvalue weighted by Crippen LogP contribution is -2.30. The second-order valence-electron chi connectivity index (χ2n) is 25.0. The summed E-state index contributed by atoms with van der Waals surface area (Å²) in [4.78, 5) is 72.3. The van der Waals surface area contributed by atoms with Crippen LogP contribution in [0.5, 0.6) is 0 Å². The Balaban J connectivity index is 5.27. The monoisotopic (exact) mass is 1260 g/mol. The van der Waals surface area contributed by atoms with Crippen molar-refractivity contribution in [1.82, 2.24) is 0 Å². The summed E-state index contributed by atoms with van der Waals surface area (Å²) in [6, 6.07) is 0. The van der Waals surface area contributed by atoms with Gasteiger partial charge in [-0.25, -0.2) is 9.13 Å². The van der Waals surface area contributed by atoms with Crippen LogP contribution in [-0.2, 0) is 65.4 Å². The highest BCUT2D eigenvalue weighted by molar-refractivity contribution is 7.47. The number of hydrogen-bond acceptors (Lipinski definition) is 15. The van der Waals surface area contributed by atoms with E-state index >= 15 is 0 Å². The molecule has 0 fully saturated rings. The number of ether oxygens (including phenoxy) is 4. The van der Waals surface area contributed by atoms with Crippen molar-refractivity contribution >= 4 is 39.5 Å². The number of carbonyl (C=O) groups excluding carboxylic acids is 4. The predicted molar refractivity (Wildman–Crippen MR) is 344 cm³/mol. The van der Waals surface area contributed by atoms with Crippen molar-refractivity contribution in [2.75, 3.05) is 39.6 Å². The Labute approximate surface area is 522 Å².